The van der Waals surface area contributed by atoms with Crippen LogP contribution in [-0.4, -0.2) is 50.0 Å². The quantitative estimate of drug-likeness (QED) is 0.415. The molecular formula is C12H25N3O4. The molecule has 5 N–H and O–H groups in total. The number of rotatable bonds is 9. The zero-order chi connectivity index (χ0) is 15.1. The molecule has 7 heteroatoms. The van der Waals surface area contributed by atoms with Crippen LogP contribution in [0.1, 0.15) is 26.2 Å². The number of aldehydes is 1. The summed E-state index contributed by atoms with van der Waals surface area (Å²) in [5.41, 5.74) is 5.36. The summed E-state index contributed by atoms with van der Waals surface area (Å²) in [4.78, 5) is 30.2. The van der Waals surface area contributed by atoms with Gasteiger partial charge < -0.3 is 26.3 Å². The van der Waals surface area contributed by atoms with E-state index >= 15 is 0 Å². The second-order valence-corrected chi connectivity index (χ2v) is 4.10. The average molecular weight is 275 g/mol. The maximum Gasteiger partial charge on any atom is 0.290 e. The Morgan fingerprint density at radius 3 is 2.37 bits per heavy atom. The maximum absolute atomic E-state index is 11.4. The Morgan fingerprint density at radius 2 is 1.95 bits per heavy atom. The number of carboxylic acid groups (broad SMARTS) is 1. The minimum absolute atomic E-state index is 0.0313. The molecule has 19 heavy (non-hydrogen) atoms. The molecular weight excluding hydrogens is 250 g/mol. The molecule has 0 aromatic rings. The Morgan fingerprint density at radius 1 is 1.37 bits per heavy atom. The van der Waals surface area contributed by atoms with Crippen LogP contribution < -0.4 is 16.4 Å². The van der Waals surface area contributed by atoms with Crippen molar-refractivity contribution in [1.29, 1.82) is 0 Å². The van der Waals surface area contributed by atoms with Gasteiger partial charge in [-0.3, -0.25) is 9.59 Å². The van der Waals surface area contributed by atoms with Crippen LogP contribution in [0.5, 0.6) is 0 Å². The highest BCUT2D eigenvalue weighted by Crippen LogP contribution is 1.97. The molecule has 7 nitrogen and oxygen atoms in total. The lowest BCUT2D eigenvalue weighted by molar-refractivity contribution is -0.123. The van der Waals surface area contributed by atoms with Crippen LogP contribution in [0.15, 0.2) is 0 Å². The minimum atomic E-state index is -0.250. The zero-order valence-corrected chi connectivity index (χ0v) is 11.6. The molecule has 0 rings (SSSR count). The Hall–Kier alpha value is -1.47. The SMILES string of the molecule is CNC(C)CCC(=O)NCCC(C=O)CN.O=CO. The van der Waals surface area contributed by atoms with E-state index in [0.717, 1.165) is 12.7 Å². The first-order valence-electron chi connectivity index (χ1n) is 6.22. The molecule has 0 aromatic carbocycles. The third-order valence-corrected chi connectivity index (χ3v) is 2.63. The van der Waals surface area contributed by atoms with Crippen LogP contribution in [0.2, 0.25) is 0 Å². The van der Waals surface area contributed by atoms with Gasteiger partial charge in [0, 0.05) is 31.5 Å². The number of hydrogen-bond donors (Lipinski definition) is 4. The monoisotopic (exact) mass is 275 g/mol. The molecule has 0 heterocycles. The van der Waals surface area contributed by atoms with Gasteiger partial charge in [-0.15, -0.1) is 0 Å². The van der Waals surface area contributed by atoms with Crippen molar-refractivity contribution >= 4 is 18.7 Å². The molecule has 0 radical (unpaired) electrons. The van der Waals surface area contributed by atoms with E-state index in [-0.39, 0.29) is 18.3 Å². The van der Waals surface area contributed by atoms with Gasteiger partial charge in [0.15, 0.2) is 0 Å². The molecule has 0 aliphatic heterocycles. The largest absolute Gasteiger partial charge is 0.483 e. The van der Waals surface area contributed by atoms with Crippen LogP contribution in [0.3, 0.4) is 0 Å². The summed E-state index contributed by atoms with van der Waals surface area (Å²) >= 11 is 0. The molecule has 0 aliphatic carbocycles. The predicted octanol–water partition coefficient (Wildman–Crippen LogP) is -0.645. The van der Waals surface area contributed by atoms with Crippen molar-refractivity contribution in [1.82, 2.24) is 10.6 Å². The van der Waals surface area contributed by atoms with Gasteiger partial charge in [0.05, 0.1) is 0 Å². The molecule has 112 valence electrons. The van der Waals surface area contributed by atoms with Gasteiger partial charge in [0.2, 0.25) is 5.91 Å². The molecule has 1 amide bonds. The van der Waals surface area contributed by atoms with E-state index in [1.807, 2.05) is 14.0 Å². The lowest BCUT2D eigenvalue weighted by atomic mass is 10.1. The van der Waals surface area contributed by atoms with E-state index in [2.05, 4.69) is 10.6 Å². The van der Waals surface area contributed by atoms with Gasteiger partial charge in [-0.2, -0.15) is 0 Å². The normalized spacial score (nSPS) is 12.6. The molecule has 2 atom stereocenters. The summed E-state index contributed by atoms with van der Waals surface area (Å²) in [5.74, 6) is -0.111. The lowest BCUT2D eigenvalue weighted by Gasteiger charge is -2.11. The van der Waals surface area contributed by atoms with Gasteiger partial charge in [0.1, 0.15) is 6.29 Å². The van der Waals surface area contributed by atoms with Crippen molar-refractivity contribution in [3.05, 3.63) is 0 Å². The molecule has 0 bridgehead atoms. The molecule has 0 fully saturated rings. The smallest absolute Gasteiger partial charge is 0.290 e. The number of amides is 1. The number of nitrogens with two attached hydrogens (primary N) is 1. The van der Waals surface area contributed by atoms with E-state index in [9.17, 15) is 9.59 Å². The lowest BCUT2D eigenvalue weighted by Crippen LogP contribution is -2.30. The first-order chi connectivity index (χ1) is 9.05. The number of carbonyl (C=O) groups is 3. The molecule has 0 spiro atoms. The fourth-order valence-corrected chi connectivity index (χ4v) is 1.22. The second-order valence-electron chi connectivity index (χ2n) is 4.10. The van der Waals surface area contributed by atoms with Crippen molar-refractivity contribution in [2.24, 2.45) is 11.7 Å². The van der Waals surface area contributed by atoms with E-state index in [4.69, 9.17) is 15.6 Å². The van der Waals surface area contributed by atoms with Gasteiger partial charge in [-0.1, -0.05) is 0 Å². The maximum atomic E-state index is 11.4. The van der Waals surface area contributed by atoms with E-state index in [1.54, 1.807) is 0 Å². The van der Waals surface area contributed by atoms with E-state index < -0.39 is 0 Å². The summed E-state index contributed by atoms with van der Waals surface area (Å²) in [5, 5.41) is 12.7. The highest BCUT2D eigenvalue weighted by Gasteiger charge is 2.07. The minimum Gasteiger partial charge on any atom is -0.483 e. The summed E-state index contributed by atoms with van der Waals surface area (Å²) < 4.78 is 0. The fraction of sp³-hybridized carbons (Fsp3) is 0.750. The standard InChI is InChI=1S/C11H23N3O2.CH2O2/c1-9(13-2)3-4-11(16)14-6-5-10(7-12)8-15;2-1-3/h8-10,13H,3-7,12H2,1-2H3,(H,14,16);1H,(H,2,3). The molecule has 0 aromatic heterocycles. The van der Waals surface area contributed by atoms with Crippen molar-refractivity contribution < 1.29 is 19.5 Å². The molecule has 0 aliphatic rings. The molecule has 2 unspecified atom stereocenters. The summed E-state index contributed by atoms with van der Waals surface area (Å²) in [7, 11) is 1.87. The fourth-order valence-electron chi connectivity index (χ4n) is 1.22. The molecule has 0 saturated carbocycles. The van der Waals surface area contributed by atoms with Crippen LogP contribution in [0.25, 0.3) is 0 Å². The van der Waals surface area contributed by atoms with Gasteiger partial charge in [-0.05, 0) is 26.8 Å². The zero-order valence-electron chi connectivity index (χ0n) is 11.6. The van der Waals surface area contributed by atoms with Crippen LogP contribution >= 0.6 is 0 Å². The van der Waals surface area contributed by atoms with E-state index in [1.165, 1.54) is 0 Å². The first-order valence-corrected chi connectivity index (χ1v) is 6.22. The Bertz CT molecular complexity index is 249. The summed E-state index contributed by atoms with van der Waals surface area (Å²) in [6.07, 6.45) is 2.79. The van der Waals surface area contributed by atoms with Gasteiger partial charge in [0.25, 0.3) is 6.47 Å². The van der Waals surface area contributed by atoms with Crippen LogP contribution in [-0.2, 0) is 14.4 Å². The van der Waals surface area contributed by atoms with Crippen molar-refractivity contribution in [2.75, 3.05) is 20.1 Å². The van der Waals surface area contributed by atoms with E-state index in [0.29, 0.717) is 32.0 Å². The topological polar surface area (TPSA) is 122 Å². The van der Waals surface area contributed by atoms with Crippen molar-refractivity contribution in [2.45, 2.75) is 32.2 Å². The van der Waals surface area contributed by atoms with Crippen molar-refractivity contribution in [3.63, 3.8) is 0 Å². The highest BCUT2D eigenvalue weighted by molar-refractivity contribution is 5.75. The van der Waals surface area contributed by atoms with Crippen LogP contribution in [0, 0.1) is 5.92 Å². The van der Waals surface area contributed by atoms with Gasteiger partial charge >= 0.3 is 0 Å². The number of nitrogens with one attached hydrogen (secondary N) is 2. The Kier molecular flexibility index (Phi) is 15.3. The van der Waals surface area contributed by atoms with Crippen molar-refractivity contribution in [3.8, 4) is 0 Å². The molecule has 0 saturated heterocycles. The summed E-state index contributed by atoms with van der Waals surface area (Å²) in [6.45, 7) is 2.65. The first kappa shape index (κ1) is 19.9. The third kappa shape index (κ3) is 14.5. The Labute approximate surface area is 113 Å². The second kappa shape index (κ2) is 14.6. The number of carbonyl (C=O) groups excluding carboxylic acids is 2. The predicted molar refractivity (Wildman–Crippen MR) is 72.7 cm³/mol. The number of hydrogen-bond acceptors (Lipinski definition) is 5. The van der Waals surface area contributed by atoms with Gasteiger partial charge in [-0.25, -0.2) is 0 Å². The van der Waals surface area contributed by atoms with Crippen LogP contribution in [0.4, 0.5) is 0 Å². The Balaban J connectivity index is 0. The third-order valence-electron chi connectivity index (χ3n) is 2.63. The average Bonchev–Trinajstić information content (AvgIpc) is 2.41. The summed E-state index contributed by atoms with van der Waals surface area (Å²) in [6, 6.07) is 0.345. The highest BCUT2D eigenvalue weighted by atomic mass is 16.3.